The van der Waals surface area contributed by atoms with Crippen molar-refractivity contribution in [2.75, 3.05) is 6.61 Å². The summed E-state index contributed by atoms with van der Waals surface area (Å²) in [6, 6.07) is 0. The molecular formula is C17H34O6. The lowest BCUT2D eigenvalue weighted by Crippen LogP contribution is -2.48. The zero-order chi connectivity index (χ0) is 17.7. The maximum atomic E-state index is 11.7. The second kappa shape index (κ2) is 13.9. The van der Waals surface area contributed by atoms with Gasteiger partial charge < -0.3 is 25.5 Å². The first-order valence-corrected chi connectivity index (χ1v) is 8.81. The van der Waals surface area contributed by atoms with Crippen LogP contribution >= 0.6 is 0 Å². The van der Waals surface area contributed by atoms with Crippen LogP contribution in [0.4, 0.5) is 0 Å². The van der Waals surface area contributed by atoms with Gasteiger partial charge in [-0.1, -0.05) is 58.3 Å². The van der Waals surface area contributed by atoms with Crippen LogP contribution in [0.1, 0.15) is 71.1 Å². The predicted molar refractivity (Wildman–Crippen MR) is 88.0 cm³/mol. The topological polar surface area (TPSA) is 118 Å². The molecule has 0 aromatic carbocycles. The van der Waals surface area contributed by atoms with Crippen LogP contribution in [0.2, 0.25) is 0 Å². The van der Waals surface area contributed by atoms with E-state index in [0.717, 1.165) is 19.3 Å². The van der Waals surface area contributed by atoms with E-state index in [-0.39, 0.29) is 6.42 Å². The Morgan fingerprint density at radius 2 is 1.26 bits per heavy atom. The number of aliphatic hydroxyl groups is 5. The summed E-state index contributed by atoms with van der Waals surface area (Å²) in [4.78, 5) is 11.7. The Balaban J connectivity index is 3.76. The number of ketones is 1. The van der Waals surface area contributed by atoms with Crippen molar-refractivity contribution in [2.24, 2.45) is 0 Å². The Bertz CT molecular complexity index is 297. The molecule has 0 fully saturated rings. The van der Waals surface area contributed by atoms with E-state index < -0.39 is 36.8 Å². The summed E-state index contributed by atoms with van der Waals surface area (Å²) in [6.07, 6.45) is 3.26. The zero-order valence-corrected chi connectivity index (χ0v) is 14.2. The number of unbranched alkanes of at least 4 members (excludes halogenated alkanes) is 8. The molecule has 6 nitrogen and oxygen atoms in total. The van der Waals surface area contributed by atoms with Gasteiger partial charge in [-0.05, 0) is 6.42 Å². The number of Topliss-reactive ketones (excluding diaryl/α,β-unsaturated/α-hetero) is 1. The van der Waals surface area contributed by atoms with Crippen LogP contribution in [0.5, 0.6) is 0 Å². The van der Waals surface area contributed by atoms with E-state index in [1.165, 1.54) is 32.1 Å². The van der Waals surface area contributed by atoms with E-state index in [2.05, 4.69) is 6.92 Å². The first-order chi connectivity index (χ1) is 11.0. The standard InChI is InChI=1S/C17H34O6/c1-2-3-4-5-6-7-8-9-10-11-13(19)15(21)17(23)16(22)14(20)12-18/h14-18,20-23H,2-12H2,1H3. The van der Waals surface area contributed by atoms with E-state index >= 15 is 0 Å². The molecule has 0 spiro atoms. The molecule has 0 bridgehead atoms. The highest BCUT2D eigenvalue weighted by atomic mass is 16.4. The van der Waals surface area contributed by atoms with Crippen molar-refractivity contribution < 1.29 is 30.3 Å². The van der Waals surface area contributed by atoms with Gasteiger partial charge in [0.1, 0.15) is 24.4 Å². The second-order valence-electron chi connectivity index (χ2n) is 6.22. The number of hydrogen-bond acceptors (Lipinski definition) is 6. The average Bonchev–Trinajstić information content (AvgIpc) is 2.57. The van der Waals surface area contributed by atoms with Crippen molar-refractivity contribution in [3.05, 3.63) is 0 Å². The van der Waals surface area contributed by atoms with Crippen molar-refractivity contribution >= 4 is 5.78 Å². The van der Waals surface area contributed by atoms with Gasteiger partial charge in [0, 0.05) is 6.42 Å². The minimum atomic E-state index is -1.79. The van der Waals surface area contributed by atoms with Crippen LogP contribution in [-0.4, -0.2) is 62.3 Å². The quantitative estimate of drug-likeness (QED) is 0.284. The van der Waals surface area contributed by atoms with Crippen molar-refractivity contribution in [2.45, 2.75) is 95.5 Å². The van der Waals surface area contributed by atoms with Gasteiger partial charge in [0.05, 0.1) is 6.61 Å². The van der Waals surface area contributed by atoms with Gasteiger partial charge in [-0.3, -0.25) is 4.79 Å². The van der Waals surface area contributed by atoms with Crippen LogP contribution in [0.15, 0.2) is 0 Å². The number of hydrogen-bond donors (Lipinski definition) is 5. The fraction of sp³-hybridized carbons (Fsp3) is 0.941. The number of carbonyl (C=O) groups is 1. The lowest BCUT2D eigenvalue weighted by atomic mass is 9.97. The number of carbonyl (C=O) groups excluding carboxylic acids is 1. The number of aliphatic hydroxyl groups excluding tert-OH is 5. The van der Waals surface area contributed by atoms with Crippen LogP contribution in [0.25, 0.3) is 0 Å². The van der Waals surface area contributed by atoms with E-state index in [1.54, 1.807) is 0 Å². The minimum Gasteiger partial charge on any atom is -0.394 e. The van der Waals surface area contributed by atoms with Gasteiger partial charge in [-0.25, -0.2) is 0 Å². The molecule has 4 unspecified atom stereocenters. The smallest absolute Gasteiger partial charge is 0.164 e. The molecule has 5 N–H and O–H groups in total. The van der Waals surface area contributed by atoms with Crippen LogP contribution in [-0.2, 0) is 4.79 Å². The maximum absolute atomic E-state index is 11.7. The molecule has 0 rings (SSSR count). The van der Waals surface area contributed by atoms with E-state index in [1.807, 2.05) is 0 Å². The lowest BCUT2D eigenvalue weighted by Gasteiger charge is -2.24. The Labute approximate surface area is 139 Å². The molecule has 4 atom stereocenters. The summed E-state index contributed by atoms with van der Waals surface area (Å²) in [5.74, 6) is -0.551. The van der Waals surface area contributed by atoms with E-state index in [4.69, 9.17) is 5.11 Å². The van der Waals surface area contributed by atoms with Gasteiger partial charge >= 0.3 is 0 Å². The lowest BCUT2D eigenvalue weighted by molar-refractivity contribution is -0.147. The Morgan fingerprint density at radius 1 is 0.783 bits per heavy atom. The fourth-order valence-electron chi connectivity index (χ4n) is 2.47. The monoisotopic (exact) mass is 334 g/mol. The molecular weight excluding hydrogens is 300 g/mol. The minimum absolute atomic E-state index is 0.135. The summed E-state index contributed by atoms with van der Waals surface area (Å²) < 4.78 is 0. The van der Waals surface area contributed by atoms with Crippen LogP contribution < -0.4 is 0 Å². The third kappa shape index (κ3) is 10.0. The SMILES string of the molecule is CCCCCCCCCCCC(=O)C(O)C(O)C(O)C(O)CO. The fourth-order valence-corrected chi connectivity index (χ4v) is 2.47. The Hall–Kier alpha value is -0.530. The van der Waals surface area contributed by atoms with Crippen molar-refractivity contribution in [1.29, 1.82) is 0 Å². The average molecular weight is 334 g/mol. The summed E-state index contributed by atoms with van der Waals surface area (Å²) in [7, 11) is 0. The van der Waals surface area contributed by atoms with Gasteiger partial charge in [-0.15, -0.1) is 0 Å². The summed E-state index contributed by atoms with van der Waals surface area (Å²) >= 11 is 0. The molecule has 0 aromatic heterocycles. The van der Waals surface area contributed by atoms with Gasteiger partial charge in [0.25, 0.3) is 0 Å². The first-order valence-electron chi connectivity index (χ1n) is 8.81. The van der Waals surface area contributed by atoms with Crippen molar-refractivity contribution in [3.63, 3.8) is 0 Å². The molecule has 0 saturated carbocycles. The molecule has 138 valence electrons. The highest BCUT2D eigenvalue weighted by Crippen LogP contribution is 2.13. The third-order valence-electron chi connectivity index (χ3n) is 4.11. The van der Waals surface area contributed by atoms with Gasteiger partial charge in [0.15, 0.2) is 5.78 Å². The van der Waals surface area contributed by atoms with Crippen LogP contribution in [0, 0.1) is 0 Å². The molecule has 0 saturated heterocycles. The molecule has 0 aliphatic carbocycles. The summed E-state index contributed by atoms with van der Waals surface area (Å²) in [6.45, 7) is 1.43. The zero-order valence-electron chi connectivity index (χ0n) is 14.2. The van der Waals surface area contributed by atoms with E-state index in [0.29, 0.717) is 6.42 Å². The number of rotatable bonds is 15. The molecule has 0 aliphatic heterocycles. The second-order valence-corrected chi connectivity index (χ2v) is 6.22. The molecule has 0 aromatic rings. The van der Waals surface area contributed by atoms with Crippen molar-refractivity contribution in [1.82, 2.24) is 0 Å². The normalized spacial score (nSPS) is 16.8. The van der Waals surface area contributed by atoms with E-state index in [9.17, 15) is 25.2 Å². The van der Waals surface area contributed by atoms with Crippen molar-refractivity contribution in [3.8, 4) is 0 Å². The molecule has 0 heterocycles. The molecule has 0 radical (unpaired) electrons. The third-order valence-corrected chi connectivity index (χ3v) is 4.11. The Kier molecular flexibility index (Phi) is 13.5. The summed E-state index contributed by atoms with van der Waals surface area (Å²) in [5, 5.41) is 46.6. The molecule has 0 amide bonds. The molecule has 23 heavy (non-hydrogen) atoms. The highest BCUT2D eigenvalue weighted by Gasteiger charge is 2.33. The summed E-state index contributed by atoms with van der Waals surface area (Å²) in [5.41, 5.74) is 0. The van der Waals surface area contributed by atoms with Gasteiger partial charge in [-0.2, -0.15) is 0 Å². The predicted octanol–water partition coefficient (Wildman–Crippen LogP) is 0.912. The van der Waals surface area contributed by atoms with Crippen LogP contribution in [0.3, 0.4) is 0 Å². The maximum Gasteiger partial charge on any atom is 0.164 e. The first kappa shape index (κ1) is 22.5. The van der Waals surface area contributed by atoms with Gasteiger partial charge in [0.2, 0.25) is 0 Å². The Morgan fingerprint density at radius 3 is 1.74 bits per heavy atom. The highest BCUT2D eigenvalue weighted by molar-refractivity contribution is 5.83. The largest absolute Gasteiger partial charge is 0.394 e. The molecule has 0 aliphatic rings. The molecule has 6 heteroatoms.